The molecule has 4 heteroatoms. The van der Waals surface area contributed by atoms with Crippen molar-refractivity contribution in [2.45, 2.75) is 6.42 Å². The summed E-state index contributed by atoms with van der Waals surface area (Å²) < 4.78 is 13.2. The van der Waals surface area contributed by atoms with Gasteiger partial charge in [0.25, 0.3) is 0 Å². The summed E-state index contributed by atoms with van der Waals surface area (Å²) in [5.41, 5.74) is 0.801. The molecule has 0 atom stereocenters. The van der Waals surface area contributed by atoms with Crippen LogP contribution in [-0.2, 0) is 6.42 Å². The fourth-order valence-corrected chi connectivity index (χ4v) is 1.34. The molecule has 0 spiro atoms. The first-order valence-electron chi connectivity index (χ1n) is 4.53. The Balaban J connectivity index is 2.19. The summed E-state index contributed by atoms with van der Waals surface area (Å²) in [7, 11) is 0. The molecule has 2 rings (SSSR count). The Hall–Kier alpha value is -1.97. The zero-order chi connectivity index (χ0) is 10.7. The molecule has 15 heavy (non-hydrogen) atoms. The number of carbonyl (C=O) groups excluding carboxylic acids is 1. The number of aromatic nitrogens is 2. The van der Waals surface area contributed by atoms with Crippen molar-refractivity contribution in [2.24, 2.45) is 0 Å². The number of hydrogen-bond donors (Lipinski definition) is 1. The van der Waals surface area contributed by atoms with Crippen molar-refractivity contribution in [1.29, 1.82) is 0 Å². The number of nitrogens with one attached hydrogen (secondary N) is 1. The van der Waals surface area contributed by atoms with E-state index in [4.69, 9.17) is 0 Å². The molecule has 1 N–H and O–H groups in total. The van der Waals surface area contributed by atoms with Crippen molar-refractivity contribution in [3.63, 3.8) is 0 Å². The normalized spacial score (nSPS) is 10.2. The Bertz CT molecular complexity index is 465. The number of benzene rings is 1. The lowest BCUT2D eigenvalue weighted by Gasteiger charge is -2.00. The van der Waals surface area contributed by atoms with Gasteiger partial charge in [-0.05, 0) is 18.2 Å². The van der Waals surface area contributed by atoms with Crippen molar-refractivity contribution in [3.8, 4) is 0 Å². The molecular weight excluding hydrogens is 195 g/mol. The Morgan fingerprint density at radius 2 is 2.13 bits per heavy atom. The highest BCUT2D eigenvalue weighted by atomic mass is 19.1. The third-order valence-electron chi connectivity index (χ3n) is 2.08. The first-order chi connectivity index (χ1) is 7.27. The zero-order valence-electron chi connectivity index (χ0n) is 7.90. The van der Waals surface area contributed by atoms with Crippen molar-refractivity contribution < 1.29 is 9.18 Å². The van der Waals surface area contributed by atoms with E-state index in [-0.39, 0.29) is 17.8 Å². The van der Waals surface area contributed by atoms with Crippen LogP contribution in [0.25, 0.3) is 0 Å². The molecule has 0 aliphatic carbocycles. The van der Waals surface area contributed by atoms with E-state index in [1.54, 1.807) is 24.4 Å². The van der Waals surface area contributed by atoms with Crippen molar-refractivity contribution >= 4 is 5.78 Å². The van der Waals surface area contributed by atoms with Crippen LogP contribution >= 0.6 is 0 Å². The van der Waals surface area contributed by atoms with Crippen LogP contribution in [0.4, 0.5) is 4.39 Å². The van der Waals surface area contributed by atoms with Crippen molar-refractivity contribution in [2.75, 3.05) is 0 Å². The predicted octanol–water partition coefficient (Wildman–Crippen LogP) is 1.97. The number of ketones is 1. The quantitative estimate of drug-likeness (QED) is 0.777. The third-order valence-corrected chi connectivity index (χ3v) is 2.08. The van der Waals surface area contributed by atoms with E-state index in [9.17, 15) is 9.18 Å². The first kappa shape index (κ1) is 9.58. The van der Waals surface area contributed by atoms with Gasteiger partial charge in [0.05, 0.1) is 12.0 Å². The molecule has 1 aromatic heterocycles. The Labute approximate surface area is 85.9 Å². The molecule has 0 saturated carbocycles. The van der Waals surface area contributed by atoms with E-state index in [2.05, 4.69) is 10.2 Å². The number of hydrogen-bond acceptors (Lipinski definition) is 2. The van der Waals surface area contributed by atoms with Gasteiger partial charge in [0, 0.05) is 11.9 Å². The van der Waals surface area contributed by atoms with Crippen LogP contribution in [0.1, 0.15) is 16.1 Å². The van der Waals surface area contributed by atoms with Gasteiger partial charge in [0.15, 0.2) is 5.78 Å². The molecular formula is C11H9FN2O. The fraction of sp³-hybridized carbons (Fsp3) is 0.0909. The molecule has 0 saturated heterocycles. The highest BCUT2D eigenvalue weighted by Crippen LogP contribution is 2.09. The lowest BCUT2D eigenvalue weighted by Crippen LogP contribution is -2.06. The molecule has 0 aliphatic heterocycles. The maximum absolute atomic E-state index is 13.2. The molecule has 0 radical (unpaired) electrons. The predicted molar refractivity (Wildman–Crippen MR) is 53.0 cm³/mol. The van der Waals surface area contributed by atoms with Gasteiger partial charge < -0.3 is 0 Å². The summed E-state index contributed by atoms with van der Waals surface area (Å²) in [5, 5.41) is 6.38. The maximum atomic E-state index is 13.2. The zero-order valence-corrected chi connectivity index (χ0v) is 7.90. The molecule has 0 aliphatic rings. The topological polar surface area (TPSA) is 45.8 Å². The lowest BCUT2D eigenvalue weighted by atomic mass is 10.1. The lowest BCUT2D eigenvalue weighted by molar-refractivity contribution is 0.0988. The second-order valence-electron chi connectivity index (χ2n) is 3.16. The van der Waals surface area contributed by atoms with Crippen LogP contribution in [0.3, 0.4) is 0 Å². The maximum Gasteiger partial charge on any atom is 0.171 e. The molecule has 2 aromatic rings. The largest absolute Gasteiger partial charge is 0.294 e. The van der Waals surface area contributed by atoms with Gasteiger partial charge in [-0.2, -0.15) is 5.10 Å². The number of H-pyrrole nitrogens is 1. The van der Waals surface area contributed by atoms with E-state index in [0.29, 0.717) is 5.69 Å². The van der Waals surface area contributed by atoms with Gasteiger partial charge in [-0.25, -0.2) is 4.39 Å². The molecule has 76 valence electrons. The van der Waals surface area contributed by atoms with Gasteiger partial charge in [-0.1, -0.05) is 12.1 Å². The molecule has 0 bridgehead atoms. The standard InChI is InChI=1S/C11H9FN2O/c12-10-4-2-1-3-9(10)11(15)7-8-5-6-13-14-8/h1-6H,7H2,(H,13,14). The number of Topliss-reactive ketones (excluding diaryl/α,β-unsaturated/α-hetero) is 1. The average Bonchev–Trinajstić information content (AvgIpc) is 2.71. The Morgan fingerprint density at radius 1 is 1.33 bits per heavy atom. The number of rotatable bonds is 3. The SMILES string of the molecule is O=C(Cc1ccn[nH]1)c1ccccc1F. The van der Waals surface area contributed by atoms with Gasteiger partial charge in [-0.15, -0.1) is 0 Å². The van der Waals surface area contributed by atoms with Crippen molar-refractivity contribution in [1.82, 2.24) is 10.2 Å². The molecule has 1 heterocycles. The smallest absolute Gasteiger partial charge is 0.171 e. The number of halogens is 1. The summed E-state index contributed by atoms with van der Waals surface area (Å²) >= 11 is 0. The molecule has 0 amide bonds. The van der Waals surface area contributed by atoms with E-state index in [1.807, 2.05) is 0 Å². The van der Waals surface area contributed by atoms with Crippen LogP contribution in [0.5, 0.6) is 0 Å². The molecule has 1 aromatic carbocycles. The van der Waals surface area contributed by atoms with Gasteiger partial charge in [0.1, 0.15) is 5.82 Å². The second-order valence-corrected chi connectivity index (χ2v) is 3.16. The minimum atomic E-state index is -0.484. The van der Waals surface area contributed by atoms with Gasteiger partial charge in [-0.3, -0.25) is 9.89 Å². The average molecular weight is 204 g/mol. The Morgan fingerprint density at radius 3 is 2.80 bits per heavy atom. The van der Waals surface area contributed by atoms with Crippen LogP contribution in [0.15, 0.2) is 36.5 Å². The number of aromatic amines is 1. The highest BCUT2D eigenvalue weighted by molar-refractivity contribution is 5.97. The minimum Gasteiger partial charge on any atom is -0.294 e. The first-order valence-corrected chi connectivity index (χ1v) is 4.53. The fourth-order valence-electron chi connectivity index (χ4n) is 1.34. The van der Waals surface area contributed by atoms with E-state index in [0.717, 1.165) is 0 Å². The van der Waals surface area contributed by atoms with Crippen LogP contribution in [0.2, 0.25) is 0 Å². The van der Waals surface area contributed by atoms with E-state index < -0.39 is 5.82 Å². The summed E-state index contributed by atoms with van der Waals surface area (Å²) in [6, 6.07) is 7.65. The summed E-state index contributed by atoms with van der Waals surface area (Å²) in [5.74, 6) is -0.737. The third kappa shape index (κ3) is 2.10. The van der Waals surface area contributed by atoms with Gasteiger partial charge in [0.2, 0.25) is 0 Å². The van der Waals surface area contributed by atoms with Gasteiger partial charge >= 0.3 is 0 Å². The summed E-state index contributed by atoms with van der Waals surface area (Å²) in [6.07, 6.45) is 1.70. The molecule has 0 unspecified atom stereocenters. The van der Waals surface area contributed by atoms with Crippen LogP contribution in [-0.4, -0.2) is 16.0 Å². The van der Waals surface area contributed by atoms with Crippen molar-refractivity contribution in [3.05, 3.63) is 53.6 Å². The second kappa shape index (κ2) is 4.04. The summed E-state index contributed by atoms with van der Waals surface area (Å²) in [6.45, 7) is 0. The van der Waals surface area contributed by atoms with E-state index >= 15 is 0 Å². The van der Waals surface area contributed by atoms with Crippen LogP contribution in [0, 0.1) is 5.82 Å². The molecule has 0 fully saturated rings. The highest BCUT2D eigenvalue weighted by Gasteiger charge is 2.11. The van der Waals surface area contributed by atoms with Crippen LogP contribution < -0.4 is 0 Å². The Kier molecular flexibility index (Phi) is 2.58. The molecule has 3 nitrogen and oxygen atoms in total. The summed E-state index contributed by atoms with van der Waals surface area (Å²) in [4.78, 5) is 11.6. The minimum absolute atomic E-state index is 0.118. The monoisotopic (exact) mass is 204 g/mol. The number of carbonyl (C=O) groups is 1. The van der Waals surface area contributed by atoms with E-state index in [1.165, 1.54) is 12.1 Å². The number of nitrogens with zero attached hydrogens (tertiary/aromatic N) is 1.